The number of nitrogens with one attached hydrogen (secondary N) is 1. The Kier molecular flexibility index (Phi) is 11.9. The Morgan fingerprint density at radius 3 is 2.05 bits per heavy atom. The standard InChI is InChI=1S/C17H19FN6O.2C2HF3O2/c18-13-5-15(7-20)24(10-13)17(25)9-21-14-3-4-23(11-14)16-2-1-12(6-19)8-22-16;2*3-2(4,5)1(6)7/h1-2,8,13-15,21H,3-5,9-11H2;2*(H,6,7)/t13-,14-,15-;;/m0../s1. The third-order valence-electron chi connectivity index (χ3n) is 5.14. The molecular weight excluding hydrogens is 549 g/mol. The van der Waals surface area contributed by atoms with Crippen molar-refractivity contribution in [2.75, 3.05) is 31.1 Å². The number of rotatable bonds is 4. The van der Waals surface area contributed by atoms with E-state index in [0.717, 1.165) is 18.8 Å². The molecule has 2 saturated heterocycles. The van der Waals surface area contributed by atoms with Crippen molar-refractivity contribution < 1.29 is 55.3 Å². The van der Waals surface area contributed by atoms with Crippen LogP contribution >= 0.6 is 0 Å². The average molecular weight is 570 g/mol. The van der Waals surface area contributed by atoms with Crippen molar-refractivity contribution in [1.29, 1.82) is 10.5 Å². The molecule has 2 fully saturated rings. The number of nitrogens with zero attached hydrogens (tertiary/aromatic N) is 5. The first-order valence-corrected chi connectivity index (χ1v) is 10.8. The number of carboxylic acids is 2. The van der Waals surface area contributed by atoms with Gasteiger partial charge in [0.15, 0.2) is 0 Å². The van der Waals surface area contributed by atoms with Crippen LogP contribution in [0.2, 0.25) is 0 Å². The van der Waals surface area contributed by atoms with Gasteiger partial charge in [0.05, 0.1) is 24.7 Å². The van der Waals surface area contributed by atoms with Gasteiger partial charge in [-0.1, -0.05) is 0 Å². The molecule has 1 aromatic heterocycles. The molecule has 0 unspecified atom stereocenters. The molecule has 11 nitrogen and oxygen atoms in total. The molecule has 0 aliphatic carbocycles. The summed E-state index contributed by atoms with van der Waals surface area (Å²) in [6.45, 7) is 1.62. The van der Waals surface area contributed by atoms with E-state index >= 15 is 0 Å². The van der Waals surface area contributed by atoms with Gasteiger partial charge in [0.25, 0.3) is 0 Å². The number of aromatic nitrogens is 1. The van der Waals surface area contributed by atoms with Gasteiger partial charge in [-0.3, -0.25) is 4.79 Å². The van der Waals surface area contributed by atoms with Gasteiger partial charge in [-0.05, 0) is 18.6 Å². The van der Waals surface area contributed by atoms with Crippen molar-refractivity contribution in [3.05, 3.63) is 23.9 Å². The Morgan fingerprint density at radius 1 is 1.05 bits per heavy atom. The number of aliphatic carboxylic acids is 2. The molecule has 0 radical (unpaired) electrons. The normalized spacial score (nSPS) is 20.5. The van der Waals surface area contributed by atoms with Crippen molar-refractivity contribution >= 4 is 23.7 Å². The summed E-state index contributed by atoms with van der Waals surface area (Å²) in [6.07, 6.45) is -8.77. The lowest BCUT2D eigenvalue weighted by Crippen LogP contribution is -2.44. The van der Waals surface area contributed by atoms with Crippen LogP contribution in [0.5, 0.6) is 0 Å². The fraction of sp³-hybridized carbons (Fsp3) is 0.524. The van der Waals surface area contributed by atoms with Crippen molar-refractivity contribution in [2.45, 2.75) is 43.4 Å². The quantitative estimate of drug-likeness (QED) is 0.454. The van der Waals surface area contributed by atoms with Crippen LogP contribution in [-0.2, 0) is 14.4 Å². The molecular formula is C21H21F7N6O5. The number of halogens is 7. The first-order chi connectivity index (χ1) is 18.0. The largest absolute Gasteiger partial charge is 0.490 e. The van der Waals surface area contributed by atoms with Crippen LogP contribution < -0.4 is 10.2 Å². The average Bonchev–Trinajstić information content (AvgIpc) is 3.48. The van der Waals surface area contributed by atoms with Crippen molar-refractivity contribution in [1.82, 2.24) is 15.2 Å². The molecule has 1 aromatic rings. The molecule has 0 bridgehead atoms. The van der Waals surface area contributed by atoms with Crippen LogP contribution in [0.25, 0.3) is 0 Å². The molecule has 3 N–H and O–H groups in total. The topological polar surface area (TPSA) is 171 Å². The number of likely N-dealkylation sites (tertiary alicyclic amines) is 1. The number of carbonyl (C=O) groups is 3. The molecule has 18 heteroatoms. The highest BCUT2D eigenvalue weighted by molar-refractivity contribution is 5.79. The summed E-state index contributed by atoms with van der Waals surface area (Å²) in [5, 5.41) is 35.3. The number of hydrogen-bond acceptors (Lipinski definition) is 8. The molecule has 39 heavy (non-hydrogen) atoms. The maximum Gasteiger partial charge on any atom is 0.490 e. The van der Waals surface area contributed by atoms with Crippen molar-refractivity contribution in [2.24, 2.45) is 0 Å². The first kappa shape index (κ1) is 32.8. The molecule has 0 aromatic carbocycles. The highest BCUT2D eigenvalue weighted by Crippen LogP contribution is 2.21. The van der Waals surface area contributed by atoms with E-state index in [1.54, 1.807) is 12.3 Å². The lowest BCUT2D eigenvalue weighted by Gasteiger charge is -2.21. The molecule has 0 spiro atoms. The fourth-order valence-corrected chi connectivity index (χ4v) is 3.29. The van der Waals surface area contributed by atoms with Gasteiger partial charge in [-0.25, -0.2) is 19.0 Å². The second-order valence-corrected chi connectivity index (χ2v) is 7.96. The van der Waals surface area contributed by atoms with Crippen LogP contribution in [0.1, 0.15) is 18.4 Å². The highest BCUT2D eigenvalue weighted by Gasteiger charge is 2.39. The monoisotopic (exact) mass is 570 g/mol. The lowest BCUT2D eigenvalue weighted by molar-refractivity contribution is -0.193. The third-order valence-corrected chi connectivity index (χ3v) is 5.14. The Balaban J connectivity index is 0.000000449. The smallest absolute Gasteiger partial charge is 0.475 e. The summed E-state index contributed by atoms with van der Waals surface area (Å²) < 4.78 is 76.9. The van der Waals surface area contributed by atoms with Gasteiger partial charge in [0.2, 0.25) is 5.91 Å². The van der Waals surface area contributed by atoms with Gasteiger partial charge in [-0.15, -0.1) is 0 Å². The summed E-state index contributed by atoms with van der Waals surface area (Å²) in [5.74, 6) is -4.94. The van der Waals surface area contributed by atoms with E-state index in [1.165, 1.54) is 4.90 Å². The van der Waals surface area contributed by atoms with Gasteiger partial charge in [0, 0.05) is 31.7 Å². The van der Waals surface area contributed by atoms with E-state index in [0.29, 0.717) is 12.1 Å². The van der Waals surface area contributed by atoms with Crippen LogP contribution in [0.4, 0.5) is 36.6 Å². The summed E-state index contributed by atoms with van der Waals surface area (Å²) in [4.78, 5) is 37.7. The van der Waals surface area contributed by atoms with Crippen LogP contribution in [0.15, 0.2) is 18.3 Å². The summed E-state index contributed by atoms with van der Waals surface area (Å²) in [5.41, 5.74) is 0.520. The molecule has 0 saturated carbocycles. The predicted octanol–water partition coefficient (Wildman–Crippen LogP) is 1.85. The Morgan fingerprint density at radius 2 is 1.62 bits per heavy atom. The molecule has 3 heterocycles. The van der Waals surface area contributed by atoms with Gasteiger partial charge in [0.1, 0.15) is 24.1 Å². The SMILES string of the molecule is N#Cc1ccc(N2CC[C@H](NCC(=O)N3C[C@@H](F)C[C@H]3C#N)C2)nc1.O=C(O)C(F)(F)F.O=C(O)C(F)(F)F. The van der Waals surface area contributed by atoms with Crippen molar-refractivity contribution in [3.63, 3.8) is 0 Å². The lowest BCUT2D eigenvalue weighted by atomic mass is 10.2. The summed E-state index contributed by atoms with van der Waals surface area (Å²) in [7, 11) is 0. The van der Waals surface area contributed by atoms with Gasteiger partial charge >= 0.3 is 24.3 Å². The Hall–Kier alpha value is -4.19. The Bertz CT molecular complexity index is 1060. The van der Waals surface area contributed by atoms with Crippen LogP contribution in [0.3, 0.4) is 0 Å². The third kappa shape index (κ3) is 11.0. The Labute approximate surface area is 216 Å². The van der Waals surface area contributed by atoms with E-state index < -0.39 is 36.5 Å². The number of hydrogen-bond donors (Lipinski definition) is 3. The van der Waals surface area contributed by atoms with Crippen LogP contribution in [-0.4, -0.2) is 94.7 Å². The fourth-order valence-electron chi connectivity index (χ4n) is 3.29. The first-order valence-electron chi connectivity index (χ1n) is 10.8. The molecule has 3 atom stereocenters. The minimum absolute atomic E-state index is 0.00466. The zero-order valence-electron chi connectivity index (χ0n) is 19.7. The maximum atomic E-state index is 13.4. The molecule has 2 aliphatic rings. The number of carbonyl (C=O) groups excluding carboxylic acids is 1. The number of amides is 1. The molecule has 3 rings (SSSR count). The van der Waals surface area contributed by atoms with E-state index in [1.807, 2.05) is 18.2 Å². The number of pyridine rings is 1. The molecule has 214 valence electrons. The minimum atomic E-state index is -5.08. The summed E-state index contributed by atoms with van der Waals surface area (Å²) >= 11 is 0. The van der Waals surface area contributed by atoms with Crippen LogP contribution in [0, 0.1) is 22.7 Å². The van der Waals surface area contributed by atoms with Gasteiger partial charge in [-0.2, -0.15) is 36.9 Å². The minimum Gasteiger partial charge on any atom is -0.475 e. The number of alkyl halides is 7. The number of anilines is 1. The summed E-state index contributed by atoms with van der Waals surface area (Å²) in [6, 6.07) is 7.04. The van der Waals surface area contributed by atoms with E-state index in [4.69, 9.17) is 30.3 Å². The molecule has 1 amide bonds. The van der Waals surface area contributed by atoms with E-state index in [9.17, 15) is 35.5 Å². The second-order valence-electron chi connectivity index (χ2n) is 7.96. The number of nitriles is 2. The predicted molar refractivity (Wildman–Crippen MR) is 116 cm³/mol. The van der Waals surface area contributed by atoms with Gasteiger partial charge < -0.3 is 25.3 Å². The van der Waals surface area contributed by atoms with Crippen molar-refractivity contribution in [3.8, 4) is 12.1 Å². The molecule has 2 aliphatic heterocycles. The maximum absolute atomic E-state index is 13.4. The number of carboxylic acid groups (broad SMARTS) is 2. The zero-order chi connectivity index (χ0) is 30.0. The highest BCUT2D eigenvalue weighted by atomic mass is 19.4. The van der Waals surface area contributed by atoms with E-state index in [2.05, 4.69) is 15.2 Å². The van der Waals surface area contributed by atoms with E-state index in [-0.39, 0.29) is 31.5 Å². The zero-order valence-corrected chi connectivity index (χ0v) is 19.7. The second kappa shape index (κ2) is 14.1.